The highest BCUT2D eigenvalue weighted by molar-refractivity contribution is 9.10. The van der Waals surface area contributed by atoms with Gasteiger partial charge in [0.25, 0.3) is 11.5 Å². The van der Waals surface area contributed by atoms with Crippen LogP contribution in [0.3, 0.4) is 0 Å². The molecule has 1 aromatic heterocycles. The zero-order valence-corrected chi connectivity index (χ0v) is 24.8. The summed E-state index contributed by atoms with van der Waals surface area (Å²) in [7, 11) is 1.54. The Morgan fingerprint density at radius 2 is 1.82 bits per heavy atom. The Balaban J connectivity index is 1.86. The fourth-order valence-electron chi connectivity index (χ4n) is 5.10. The minimum Gasteiger partial charge on any atom is -0.496 e. The van der Waals surface area contributed by atoms with E-state index in [1.165, 1.54) is 11.7 Å². The van der Waals surface area contributed by atoms with Gasteiger partial charge in [0.05, 0.1) is 35.7 Å². The van der Waals surface area contributed by atoms with Gasteiger partial charge >= 0.3 is 5.97 Å². The van der Waals surface area contributed by atoms with Gasteiger partial charge in [-0.25, -0.2) is 9.79 Å². The van der Waals surface area contributed by atoms with Gasteiger partial charge in [-0.1, -0.05) is 45.5 Å². The molecule has 2 aliphatic heterocycles. The Bertz CT molecular complexity index is 1730. The third-order valence-electron chi connectivity index (χ3n) is 6.66. The van der Waals surface area contributed by atoms with Crippen LogP contribution in [0.2, 0.25) is 0 Å². The number of carbonyl (C=O) groups is 2. The maximum Gasteiger partial charge on any atom is 0.338 e. The second kappa shape index (κ2) is 10.2. The number of methoxy groups -OCH3 is 1. The van der Waals surface area contributed by atoms with Gasteiger partial charge in [-0.05, 0) is 58.9 Å². The number of halogens is 1. The summed E-state index contributed by atoms with van der Waals surface area (Å²) in [6.07, 6.45) is -0.371. The van der Waals surface area contributed by atoms with Crippen LogP contribution in [-0.4, -0.2) is 35.7 Å². The van der Waals surface area contributed by atoms with E-state index in [1.807, 2.05) is 50.2 Å². The molecule has 2 aromatic carbocycles. The molecular formula is C29H28BrN3O5S. The van der Waals surface area contributed by atoms with E-state index in [9.17, 15) is 14.4 Å². The highest BCUT2D eigenvalue weighted by atomic mass is 79.9. The number of fused-ring (bicyclic) bond motifs is 2. The van der Waals surface area contributed by atoms with Crippen molar-refractivity contribution in [1.82, 2.24) is 4.57 Å². The number of ether oxygens (including phenoxy) is 2. The Kier molecular flexibility index (Phi) is 7.11. The van der Waals surface area contributed by atoms with Crippen LogP contribution in [0.1, 0.15) is 51.8 Å². The number of para-hydroxylation sites is 1. The quantitative estimate of drug-likeness (QED) is 0.407. The predicted octanol–water partition coefficient (Wildman–Crippen LogP) is 4.08. The first kappa shape index (κ1) is 27.1. The molecule has 0 bridgehead atoms. The summed E-state index contributed by atoms with van der Waals surface area (Å²) < 4.78 is 13.8. The molecule has 0 saturated heterocycles. The van der Waals surface area contributed by atoms with Crippen molar-refractivity contribution in [2.45, 2.75) is 52.8 Å². The standard InChI is InChI=1S/C29H28BrN3O5S/c1-14(2)32-20-10-8-7-9-18(20)23(26(32)34)25-27(35)33-24(19-13-17(30)11-12-21(19)37-6)22(28(36)38-15(3)4)16(5)31-29(33)39-25/h7-15,24H,1-6H3/b25-23-/t24-/m1/s1. The first-order valence-corrected chi connectivity index (χ1v) is 14.2. The van der Waals surface area contributed by atoms with Crippen molar-refractivity contribution in [3.05, 3.63) is 89.0 Å². The van der Waals surface area contributed by atoms with Gasteiger partial charge < -0.3 is 14.4 Å². The molecule has 39 heavy (non-hydrogen) atoms. The molecule has 1 amide bonds. The molecular weight excluding hydrogens is 582 g/mol. The molecule has 0 spiro atoms. The number of benzene rings is 2. The molecule has 0 fully saturated rings. The summed E-state index contributed by atoms with van der Waals surface area (Å²) in [4.78, 5) is 48.2. The number of hydrogen-bond donors (Lipinski definition) is 0. The molecule has 10 heteroatoms. The zero-order chi connectivity index (χ0) is 28.2. The first-order chi connectivity index (χ1) is 18.5. The molecule has 0 radical (unpaired) electrons. The summed E-state index contributed by atoms with van der Waals surface area (Å²) in [5.41, 5.74) is 2.68. The lowest BCUT2D eigenvalue weighted by Crippen LogP contribution is -2.41. The number of amides is 1. The van der Waals surface area contributed by atoms with E-state index in [1.54, 1.807) is 31.7 Å². The van der Waals surface area contributed by atoms with Crippen molar-refractivity contribution in [2.75, 3.05) is 12.0 Å². The Morgan fingerprint density at radius 1 is 1.10 bits per heavy atom. The Morgan fingerprint density at radius 3 is 2.49 bits per heavy atom. The van der Waals surface area contributed by atoms with Gasteiger partial charge in [0.1, 0.15) is 16.3 Å². The maximum absolute atomic E-state index is 14.3. The van der Waals surface area contributed by atoms with Crippen LogP contribution in [0, 0.1) is 0 Å². The highest BCUT2D eigenvalue weighted by Crippen LogP contribution is 2.39. The second-order valence-electron chi connectivity index (χ2n) is 9.90. The van der Waals surface area contributed by atoms with E-state index in [0.717, 1.165) is 21.5 Å². The average molecular weight is 611 g/mol. The van der Waals surface area contributed by atoms with Crippen LogP contribution in [0.5, 0.6) is 5.75 Å². The van der Waals surface area contributed by atoms with E-state index in [-0.39, 0.29) is 28.2 Å². The van der Waals surface area contributed by atoms with Crippen molar-refractivity contribution < 1.29 is 19.1 Å². The molecule has 1 atom stereocenters. The lowest BCUT2D eigenvalue weighted by Gasteiger charge is -2.26. The van der Waals surface area contributed by atoms with E-state index in [0.29, 0.717) is 32.9 Å². The van der Waals surface area contributed by atoms with E-state index >= 15 is 0 Å². The van der Waals surface area contributed by atoms with Gasteiger partial charge in [-0.15, -0.1) is 0 Å². The fourth-order valence-corrected chi connectivity index (χ4v) is 6.61. The minimum atomic E-state index is -0.873. The molecule has 5 rings (SSSR count). The molecule has 2 aliphatic rings. The molecule has 3 aromatic rings. The maximum atomic E-state index is 14.3. The first-order valence-electron chi connectivity index (χ1n) is 12.6. The van der Waals surface area contributed by atoms with Gasteiger partial charge in [0.2, 0.25) is 0 Å². The summed E-state index contributed by atoms with van der Waals surface area (Å²) >= 11 is 4.67. The number of aromatic nitrogens is 1. The van der Waals surface area contributed by atoms with E-state index < -0.39 is 17.6 Å². The van der Waals surface area contributed by atoms with Crippen molar-refractivity contribution in [2.24, 2.45) is 4.99 Å². The molecule has 0 N–H and O–H groups in total. The number of rotatable bonds is 5. The van der Waals surface area contributed by atoms with Gasteiger partial charge in [-0.2, -0.15) is 0 Å². The van der Waals surface area contributed by atoms with Crippen LogP contribution in [0.15, 0.2) is 68.0 Å². The SMILES string of the molecule is COc1ccc(Br)cc1[C@@H]1C(C(=O)OC(C)C)=C(C)N=c2s/c(=C3\C(=O)N(C(C)C)c4ccccc43)c(=O)n21. The Hall–Kier alpha value is -3.50. The predicted molar refractivity (Wildman–Crippen MR) is 154 cm³/mol. The van der Waals surface area contributed by atoms with Crippen molar-refractivity contribution >= 4 is 50.4 Å². The third-order valence-corrected chi connectivity index (χ3v) is 8.20. The fraction of sp³-hybridized carbons (Fsp3) is 0.310. The molecule has 0 saturated carbocycles. The van der Waals surface area contributed by atoms with Crippen LogP contribution in [-0.2, 0) is 14.3 Å². The van der Waals surface area contributed by atoms with Crippen LogP contribution in [0.25, 0.3) is 5.57 Å². The highest BCUT2D eigenvalue weighted by Gasteiger charge is 2.39. The lowest BCUT2D eigenvalue weighted by atomic mass is 9.95. The average Bonchev–Trinajstić information content (AvgIpc) is 3.34. The summed E-state index contributed by atoms with van der Waals surface area (Å²) in [5.74, 6) is -0.299. The normalized spacial score (nSPS) is 17.9. The smallest absolute Gasteiger partial charge is 0.338 e. The summed E-state index contributed by atoms with van der Waals surface area (Å²) in [5, 5.41) is 0. The Labute approximate surface area is 238 Å². The molecule has 0 unspecified atom stereocenters. The molecule has 0 aliphatic carbocycles. The molecule has 8 nitrogen and oxygen atoms in total. The van der Waals surface area contributed by atoms with E-state index in [2.05, 4.69) is 20.9 Å². The number of anilines is 1. The lowest BCUT2D eigenvalue weighted by molar-refractivity contribution is -0.143. The largest absolute Gasteiger partial charge is 0.496 e. The van der Waals surface area contributed by atoms with Crippen LogP contribution < -0.4 is 24.5 Å². The van der Waals surface area contributed by atoms with Gasteiger partial charge in [-0.3, -0.25) is 14.2 Å². The van der Waals surface area contributed by atoms with Crippen molar-refractivity contribution in [1.29, 1.82) is 0 Å². The van der Waals surface area contributed by atoms with E-state index in [4.69, 9.17) is 9.47 Å². The number of hydrogen-bond acceptors (Lipinski definition) is 7. The third kappa shape index (κ3) is 4.45. The number of thiazole rings is 1. The van der Waals surface area contributed by atoms with Gasteiger partial charge in [0, 0.05) is 21.6 Å². The minimum absolute atomic E-state index is 0.0989. The summed E-state index contributed by atoms with van der Waals surface area (Å²) in [6.45, 7) is 9.14. The number of carbonyl (C=O) groups excluding carboxylic acids is 2. The zero-order valence-electron chi connectivity index (χ0n) is 22.4. The second-order valence-corrected chi connectivity index (χ2v) is 11.8. The van der Waals surface area contributed by atoms with Crippen molar-refractivity contribution in [3.8, 4) is 5.75 Å². The van der Waals surface area contributed by atoms with Crippen LogP contribution in [0.4, 0.5) is 5.69 Å². The number of allylic oxidation sites excluding steroid dienone is 1. The monoisotopic (exact) mass is 609 g/mol. The number of esters is 1. The van der Waals surface area contributed by atoms with Crippen molar-refractivity contribution in [3.63, 3.8) is 0 Å². The number of nitrogens with zero attached hydrogens (tertiary/aromatic N) is 3. The molecule has 3 heterocycles. The summed E-state index contributed by atoms with van der Waals surface area (Å²) in [6, 6.07) is 11.9. The molecule has 202 valence electrons. The topological polar surface area (TPSA) is 90.2 Å². The van der Waals surface area contributed by atoms with Gasteiger partial charge in [0.15, 0.2) is 4.80 Å². The van der Waals surface area contributed by atoms with Crippen LogP contribution >= 0.6 is 27.3 Å².